The molecule has 0 spiro atoms. The van der Waals surface area contributed by atoms with Crippen LogP contribution in [0.4, 0.5) is 0 Å². The van der Waals surface area contributed by atoms with E-state index in [2.05, 4.69) is 0 Å². The maximum absolute atomic E-state index is 11.1. The summed E-state index contributed by atoms with van der Waals surface area (Å²) in [5.74, 6) is -1.09. The number of benzene rings is 1. The molecular weight excluding hydrogens is 200 g/mol. The second-order valence-electron chi connectivity index (χ2n) is 2.86. The van der Waals surface area contributed by atoms with Gasteiger partial charge in [0.1, 0.15) is 6.42 Å². The number of carboxylic acid groups (broad SMARTS) is 1. The Balaban J connectivity index is 2.56. The second-order valence-corrected chi connectivity index (χ2v) is 3.99. The first-order valence-electron chi connectivity index (χ1n) is 4.07. The van der Waals surface area contributed by atoms with Crippen LogP contribution in [0.25, 0.3) is 0 Å². The summed E-state index contributed by atoms with van der Waals surface area (Å²) < 4.78 is 0. The fraction of sp³-hybridized carbons (Fsp3) is 0.200. The third-order valence-corrected chi connectivity index (χ3v) is 2.43. The summed E-state index contributed by atoms with van der Waals surface area (Å²) in [6.07, 6.45) is -0.432. The number of thioether (sulfide) groups is 1. The van der Waals surface area contributed by atoms with Crippen LogP contribution in [0.2, 0.25) is 0 Å². The highest BCUT2D eigenvalue weighted by Crippen LogP contribution is 2.20. The summed E-state index contributed by atoms with van der Waals surface area (Å²) in [6.45, 7) is 1.95. The van der Waals surface area contributed by atoms with Crippen LogP contribution < -0.4 is 0 Å². The zero-order chi connectivity index (χ0) is 10.6. The number of hydrogen-bond acceptors (Lipinski definition) is 3. The Morgan fingerprint density at radius 3 is 2.36 bits per heavy atom. The van der Waals surface area contributed by atoms with Crippen molar-refractivity contribution in [3.05, 3.63) is 29.8 Å². The normalized spacial score (nSPS) is 9.79. The number of aryl methyl sites for hydroxylation is 1. The van der Waals surface area contributed by atoms with E-state index in [1.54, 1.807) is 12.1 Å². The topological polar surface area (TPSA) is 54.4 Å². The molecule has 1 aromatic rings. The zero-order valence-electron chi connectivity index (χ0n) is 7.69. The maximum Gasteiger partial charge on any atom is 0.311 e. The lowest BCUT2D eigenvalue weighted by Gasteiger charge is -1.98. The van der Waals surface area contributed by atoms with E-state index in [9.17, 15) is 9.59 Å². The number of carboxylic acids is 1. The van der Waals surface area contributed by atoms with E-state index in [1.165, 1.54) is 0 Å². The molecule has 0 aliphatic carbocycles. The second kappa shape index (κ2) is 4.81. The molecule has 74 valence electrons. The van der Waals surface area contributed by atoms with E-state index >= 15 is 0 Å². The highest BCUT2D eigenvalue weighted by Gasteiger charge is 2.08. The molecular formula is C10H10O3S. The van der Waals surface area contributed by atoms with Gasteiger partial charge in [0.25, 0.3) is 0 Å². The SMILES string of the molecule is Cc1ccc(SC(=O)CC(=O)O)cc1. The lowest BCUT2D eigenvalue weighted by Crippen LogP contribution is -2.02. The molecule has 0 aromatic heterocycles. The van der Waals surface area contributed by atoms with Crippen LogP contribution in [0.1, 0.15) is 12.0 Å². The molecule has 0 amide bonds. The lowest BCUT2D eigenvalue weighted by atomic mass is 10.2. The van der Waals surface area contributed by atoms with E-state index in [1.807, 2.05) is 19.1 Å². The minimum atomic E-state index is -1.09. The average Bonchev–Trinajstić information content (AvgIpc) is 2.07. The summed E-state index contributed by atoms with van der Waals surface area (Å²) >= 11 is 0.961. The van der Waals surface area contributed by atoms with Gasteiger partial charge in [-0.2, -0.15) is 0 Å². The van der Waals surface area contributed by atoms with E-state index in [4.69, 9.17) is 5.11 Å². The fourth-order valence-electron chi connectivity index (χ4n) is 0.897. The third-order valence-electron chi connectivity index (χ3n) is 1.55. The quantitative estimate of drug-likeness (QED) is 0.613. The zero-order valence-corrected chi connectivity index (χ0v) is 8.50. The molecule has 0 heterocycles. The van der Waals surface area contributed by atoms with Gasteiger partial charge in [0, 0.05) is 4.90 Å². The Labute approximate surface area is 86.1 Å². The highest BCUT2D eigenvalue weighted by molar-refractivity contribution is 8.13. The number of rotatable bonds is 3. The van der Waals surface area contributed by atoms with E-state index < -0.39 is 12.4 Å². The van der Waals surface area contributed by atoms with Gasteiger partial charge in [-0.1, -0.05) is 29.5 Å². The Morgan fingerprint density at radius 2 is 1.86 bits per heavy atom. The Kier molecular flexibility index (Phi) is 3.71. The average molecular weight is 210 g/mol. The fourth-order valence-corrected chi connectivity index (χ4v) is 1.63. The molecule has 0 aliphatic rings. The Bertz CT molecular complexity index is 343. The van der Waals surface area contributed by atoms with Crippen LogP contribution in [0.15, 0.2) is 29.2 Å². The van der Waals surface area contributed by atoms with Crippen molar-refractivity contribution in [3.8, 4) is 0 Å². The third kappa shape index (κ3) is 3.62. The molecule has 0 fully saturated rings. The molecule has 3 nitrogen and oxygen atoms in total. The van der Waals surface area contributed by atoms with Crippen molar-refractivity contribution in [1.29, 1.82) is 0 Å². The summed E-state index contributed by atoms with van der Waals surface area (Å²) in [7, 11) is 0. The van der Waals surface area contributed by atoms with Gasteiger partial charge < -0.3 is 5.11 Å². The molecule has 14 heavy (non-hydrogen) atoms. The van der Waals surface area contributed by atoms with Crippen LogP contribution in [-0.4, -0.2) is 16.2 Å². The maximum atomic E-state index is 11.1. The van der Waals surface area contributed by atoms with Gasteiger partial charge in [0.05, 0.1) is 0 Å². The van der Waals surface area contributed by atoms with Gasteiger partial charge >= 0.3 is 5.97 Å². The highest BCUT2D eigenvalue weighted by atomic mass is 32.2. The summed E-state index contributed by atoms with van der Waals surface area (Å²) in [6, 6.07) is 7.38. The molecule has 0 aliphatic heterocycles. The first-order valence-corrected chi connectivity index (χ1v) is 4.89. The summed E-state index contributed by atoms with van der Waals surface area (Å²) in [5.41, 5.74) is 1.11. The number of hydrogen-bond donors (Lipinski definition) is 1. The minimum absolute atomic E-state index is 0.346. The van der Waals surface area contributed by atoms with E-state index in [-0.39, 0.29) is 5.12 Å². The van der Waals surface area contributed by atoms with Gasteiger partial charge in [-0.05, 0) is 19.1 Å². The van der Waals surface area contributed by atoms with Crippen molar-refractivity contribution in [2.24, 2.45) is 0 Å². The molecule has 1 aromatic carbocycles. The predicted octanol–water partition coefficient (Wildman–Crippen LogP) is 2.09. The standard InChI is InChI=1S/C10H10O3S/c1-7-2-4-8(5-3-7)14-10(13)6-9(11)12/h2-5H,6H2,1H3,(H,11,12). The largest absolute Gasteiger partial charge is 0.481 e. The molecule has 0 unspecified atom stereocenters. The molecule has 1 N–H and O–H groups in total. The van der Waals surface area contributed by atoms with Crippen molar-refractivity contribution < 1.29 is 14.7 Å². The van der Waals surface area contributed by atoms with Gasteiger partial charge in [-0.25, -0.2) is 0 Å². The first-order chi connectivity index (χ1) is 6.58. The summed E-state index contributed by atoms with van der Waals surface area (Å²) in [4.78, 5) is 22.1. The molecule has 0 saturated heterocycles. The van der Waals surface area contributed by atoms with Gasteiger partial charge in [0.15, 0.2) is 0 Å². The first kappa shape index (κ1) is 10.8. The van der Waals surface area contributed by atoms with Crippen molar-refractivity contribution >= 4 is 22.8 Å². The van der Waals surface area contributed by atoms with Crippen molar-refractivity contribution in [3.63, 3.8) is 0 Å². The van der Waals surface area contributed by atoms with Crippen molar-refractivity contribution in [2.75, 3.05) is 0 Å². The van der Waals surface area contributed by atoms with E-state index in [0.717, 1.165) is 22.2 Å². The molecule has 0 saturated carbocycles. The van der Waals surface area contributed by atoms with Gasteiger partial charge in [0.2, 0.25) is 5.12 Å². The smallest absolute Gasteiger partial charge is 0.311 e. The lowest BCUT2D eigenvalue weighted by molar-refractivity contribution is -0.138. The van der Waals surface area contributed by atoms with Gasteiger partial charge in [-0.15, -0.1) is 0 Å². The van der Waals surface area contributed by atoms with Crippen LogP contribution >= 0.6 is 11.8 Å². The number of aliphatic carboxylic acids is 1. The van der Waals surface area contributed by atoms with Crippen molar-refractivity contribution in [1.82, 2.24) is 0 Å². The molecule has 0 bridgehead atoms. The number of carbonyl (C=O) groups excluding carboxylic acids is 1. The minimum Gasteiger partial charge on any atom is -0.481 e. The Hall–Kier alpha value is -1.29. The van der Waals surface area contributed by atoms with Crippen LogP contribution in [0.3, 0.4) is 0 Å². The van der Waals surface area contributed by atoms with Crippen LogP contribution in [0.5, 0.6) is 0 Å². The molecule has 0 radical (unpaired) electrons. The van der Waals surface area contributed by atoms with E-state index in [0.29, 0.717) is 0 Å². The monoisotopic (exact) mass is 210 g/mol. The Morgan fingerprint density at radius 1 is 1.29 bits per heavy atom. The van der Waals surface area contributed by atoms with Gasteiger partial charge in [-0.3, -0.25) is 9.59 Å². The van der Waals surface area contributed by atoms with Crippen LogP contribution in [-0.2, 0) is 9.59 Å². The molecule has 0 atom stereocenters. The molecule has 4 heteroatoms. The number of carbonyl (C=O) groups is 2. The molecule has 1 rings (SSSR count). The van der Waals surface area contributed by atoms with Crippen LogP contribution in [0, 0.1) is 6.92 Å². The summed E-state index contributed by atoms with van der Waals surface area (Å²) in [5, 5.41) is 8.03. The predicted molar refractivity (Wildman–Crippen MR) is 54.3 cm³/mol. The van der Waals surface area contributed by atoms with Crippen molar-refractivity contribution in [2.45, 2.75) is 18.2 Å².